The Balaban J connectivity index is 1.76. The maximum absolute atomic E-state index is 12.5. The fourth-order valence-electron chi connectivity index (χ4n) is 2.99. The third-order valence-corrected chi connectivity index (χ3v) is 5.12. The highest BCUT2D eigenvalue weighted by molar-refractivity contribution is 7.90. The zero-order valence-electron chi connectivity index (χ0n) is 14.6. The van der Waals surface area contributed by atoms with Gasteiger partial charge in [0.15, 0.2) is 0 Å². The molecule has 1 N–H and O–H groups in total. The third-order valence-electron chi connectivity index (χ3n) is 4.19. The lowest BCUT2D eigenvalue weighted by Gasteiger charge is -2.18. The molecule has 0 aliphatic heterocycles. The number of carbonyl (C=O) groups is 1. The lowest BCUT2D eigenvalue weighted by Crippen LogP contribution is -2.34. The van der Waals surface area contributed by atoms with E-state index in [1.54, 1.807) is 0 Å². The van der Waals surface area contributed by atoms with Crippen LogP contribution in [0.15, 0.2) is 72.8 Å². The molecule has 26 heavy (non-hydrogen) atoms. The second-order valence-electron chi connectivity index (χ2n) is 6.48. The SMILES string of the molecule is CS(=O)(=O)C[C@@H](NC(=O)Cc1ccc2ccccc2c1)c1ccccc1. The summed E-state index contributed by atoms with van der Waals surface area (Å²) in [4.78, 5) is 12.5. The molecule has 0 fully saturated rings. The zero-order valence-corrected chi connectivity index (χ0v) is 15.4. The van der Waals surface area contributed by atoms with E-state index in [2.05, 4.69) is 5.32 Å². The average molecular weight is 367 g/mol. The van der Waals surface area contributed by atoms with Gasteiger partial charge in [-0.1, -0.05) is 72.8 Å². The van der Waals surface area contributed by atoms with Crippen molar-refractivity contribution in [2.24, 2.45) is 0 Å². The largest absolute Gasteiger partial charge is 0.348 e. The van der Waals surface area contributed by atoms with E-state index < -0.39 is 15.9 Å². The number of fused-ring (bicyclic) bond motifs is 1. The van der Waals surface area contributed by atoms with E-state index in [4.69, 9.17) is 0 Å². The van der Waals surface area contributed by atoms with Crippen molar-refractivity contribution in [3.8, 4) is 0 Å². The van der Waals surface area contributed by atoms with Crippen LogP contribution in [0.1, 0.15) is 17.2 Å². The zero-order chi connectivity index (χ0) is 18.6. The van der Waals surface area contributed by atoms with Crippen molar-refractivity contribution in [2.45, 2.75) is 12.5 Å². The quantitative estimate of drug-likeness (QED) is 0.727. The van der Waals surface area contributed by atoms with E-state index in [1.165, 1.54) is 6.26 Å². The van der Waals surface area contributed by atoms with Crippen LogP contribution in [0.4, 0.5) is 0 Å². The molecule has 0 heterocycles. The van der Waals surface area contributed by atoms with Gasteiger partial charge in [-0.15, -0.1) is 0 Å². The maximum Gasteiger partial charge on any atom is 0.224 e. The summed E-state index contributed by atoms with van der Waals surface area (Å²) in [6.07, 6.45) is 1.39. The maximum atomic E-state index is 12.5. The third kappa shape index (κ3) is 4.92. The summed E-state index contributed by atoms with van der Waals surface area (Å²) in [6.45, 7) is 0. The first-order valence-electron chi connectivity index (χ1n) is 8.40. The van der Waals surface area contributed by atoms with E-state index in [-0.39, 0.29) is 18.1 Å². The van der Waals surface area contributed by atoms with Gasteiger partial charge in [0, 0.05) is 6.26 Å². The van der Waals surface area contributed by atoms with Gasteiger partial charge in [0.2, 0.25) is 5.91 Å². The van der Waals surface area contributed by atoms with Gasteiger partial charge < -0.3 is 5.32 Å². The molecule has 1 amide bonds. The predicted octanol–water partition coefficient (Wildman–Crippen LogP) is 3.28. The van der Waals surface area contributed by atoms with Crippen LogP contribution in [-0.4, -0.2) is 26.3 Å². The molecule has 0 saturated carbocycles. The second-order valence-corrected chi connectivity index (χ2v) is 8.67. The summed E-state index contributed by atoms with van der Waals surface area (Å²) in [5.74, 6) is -0.321. The summed E-state index contributed by atoms with van der Waals surface area (Å²) >= 11 is 0. The van der Waals surface area contributed by atoms with Crippen molar-refractivity contribution in [3.63, 3.8) is 0 Å². The number of amides is 1. The van der Waals surface area contributed by atoms with Crippen LogP contribution in [0.5, 0.6) is 0 Å². The first-order chi connectivity index (χ1) is 12.4. The lowest BCUT2D eigenvalue weighted by atomic mass is 10.0. The number of hydrogen-bond donors (Lipinski definition) is 1. The van der Waals surface area contributed by atoms with Crippen LogP contribution in [0.3, 0.4) is 0 Å². The van der Waals surface area contributed by atoms with Crippen LogP contribution in [0.2, 0.25) is 0 Å². The van der Waals surface area contributed by atoms with Crippen LogP contribution in [0, 0.1) is 0 Å². The predicted molar refractivity (Wildman–Crippen MR) is 105 cm³/mol. The van der Waals surface area contributed by atoms with Crippen molar-refractivity contribution < 1.29 is 13.2 Å². The number of benzene rings is 3. The molecular weight excluding hydrogens is 346 g/mol. The molecule has 0 spiro atoms. The molecule has 0 aromatic heterocycles. The Morgan fingerprint density at radius 1 is 0.923 bits per heavy atom. The van der Waals surface area contributed by atoms with Crippen molar-refractivity contribution >= 4 is 26.5 Å². The Bertz CT molecular complexity index is 1010. The smallest absolute Gasteiger partial charge is 0.224 e. The Hall–Kier alpha value is -2.66. The van der Waals surface area contributed by atoms with E-state index in [0.717, 1.165) is 21.9 Å². The average Bonchev–Trinajstić information content (AvgIpc) is 2.60. The molecule has 3 aromatic carbocycles. The summed E-state index contributed by atoms with van der Waals surface area (Å²) in [5.41, 5.74) is 1.68. The second kappa shape index (κ2) is 7.70. The molecule has 134 valence electrons. The fraction of sp³-hybridized carbons (Fsp3) is 0.190. The van der Waals surface area contributed by atoms with Crippen molar-refractivity contribution in [1.29, 1.82) is 0 Å². The molecular formula is C21H21NO3S. The Morgan fingerprint density at radius 3 is 2.27 bits per heavy atom. The minimum absolute atomic E-state index is 0.125. The first kappa shape index (κ1) is 18.1. The summed E-state index contributed by atoms with van der Waals surface area (Å²) in [6, 6.07) is 22.5. The standard InChI is InChI=1S/C21H21NO3S/c1-26(24,25)15-20(18-8-3-2-4-9-18)22-21(23)14-16-11-12-17-7-5-6-10-19(17)13-16/h2-13,20H,14-15H2,1H3,(H,22,23)/t20-/m1/s1. The minimum atomic E-state index is -3.23. The van der Waals surface area contributed by atoms with Gasteiger partial charge in [-0.3, -0.25) is 4.79 Å². The van der Waals surface area contributed by atoms with Crippen molar-refractivity contribution in [1.82, 2.24) is 5.32 Å². The van der Waals surface area contributed by atoms with Gasteiger partial charge in [-0.05, 0) is 21.9 Å². The highest BCUT2D eigenvalue weighted by atomic mass is 32.2. The first-order valence-corrected chi connectivity index (χ1v) is 10.5. The highest BCUT2D eigenvalue weighted by Gasteiger charge is 2.19. The Labute approximate surface area is 153 Å². The number of nitrogens with one attached hydrogen (secondary N) is 1. The Kier molecular flexibility index (Phi) is 5.38. The van der Waals surface area contributed by atoms with Gasteiger partial charge in [0.05, 0.1) is 18.2 Å². The number of sulfone groups is 1. The number of hydrogen-bond acceptors (Lipinski definition) is 3. The van der Waals surface area contributed by atoms with E-state index >= 15 is 0 Å². The lowest BCUT2D eigenvalue weighted by molar-refractivity contribution is -0.121. The summed E-state index contributed by atoms with van der Waals surface area (Å²) in [7, 11) is -3.23. The normalized spacial score (nSPS) is 12.7. The van der Waals surface area contributed by atoms with Crippen LogP contribution >= 0.6 is 0 Å². The topological polar surface area (TPSA) is 63.2 Å². The summed E-state index contributed by atoms with van der Waals surface area (Å²) < 4.78 is 23.5. The minimum Gasteiger partial charge on any atom is -0.348 e. The van der Waals surface area contributed by atoms with E-state index in [9.17, 15) is 13.2 Å². The molecule has 0 bridgehead atoms. The molecule has 5 heteroatoms. The molecule has 3 rings (SSSR count). The molecule has 0 aliphatic rings. The fourth-order valence-corrected chi connectivity index (χ4v) is 3.87. The van der Waals surface area contributed by atoms with Crippen molar-refractivity contribution in [2.75, 3.05) is 12.0 Å². The van der Waals surface area contributed by atoms with Gasteiger partial charge in [0.25, 0.3) is 0 Å². The van der Waals surface area contributed by atoms with Crippen molar-refractivity contribution in [3.05, 3.63) is 83.9 Å². The molecule has 0 unspecified atom stereocenters. The van der Waals surface area contributed by atoms with E-state index in [0.29, 0.717) is 0 Å². The monoisotopic (exact) mass is 367 g/mol. The molecule has 1 atom stereocenters. The summed E-state index contributed by atoms with van der Waals surface area (Å²) in [5, 5.41) is 5.07. The molecule has 0 saturated heterocycles. The van der Waals surface area contributed by atoms with Crippen LogP contribution < -0.4 is 5.32 Å². The van der Waals surface area contributed by atoms with Crippen LogP contribution in [-0.2, 0) is 21.1 Å². The molecule has 0 radical (unpaired) electrons. The number of rotatable bonds is 6. The molecule has 4 nitrogen and oxygen atoms in total. The van der Waals surface area contributed by atoms with Gasteiger partial charge in [-0.2, -0.15) is 0 Å². The highest BCUT2D eigenvalue weighted by Crippen LogP contribution is 2.18. The molecule has 3 aromatic rings. The Morgan fingerprint density at radius 2 is 1.58 bits per heavy atom. The van der Waals surface area contributed by atoms with Gasteiger partial charge in [0.1, 0.15) is 9.84 Å². The van der Waals surface area contributed by atoms with Gasteiger partial charge in [-0.25, -0.2) is 8.42 Å². The van der Waals surface area contributed by atoms with Gasteiger partial charge >= 0.3 is 0 Å². The molecule has 0 aliphatic carbocycles. The number of carbonyl (C=O) groups excluding carboxylic acids is 1. The van der Waals surface area contributed by atoms with E-state index in [1.807, 2.05) is 72.8 Å². The van der Waals surface area contributed by atoms with Crippen LogP contribution in [0.25, 0.3) is 10.8 Å².